The first-order chi connectivity index (χ1) is 14.8. The number of nitrogens with zero attached hydrogens (tertiary/aromatic N) is 1. The maximum absolute atomic E-state index is 12.2. The van der Waals surface area contributed by atoms with Gasteiger partial charge in [0.05, 0.1) is 6.42 Å². The fourth-order valence-electron chi connectivity index (χ4n) is 2.65. The molecule has 0 aliphatic carbocycles. The van der Waals surface area contributed by atoms with Gasteiger partial charge in [-0.25, -0.2) is 5.43 Å². The summed E-state index contributed by atoms with van der Waals surface area (Å²) in [5.74, 6) is -1.04. The minimum Gasteiger partial charge on any atom is -0.486 e. The third-order valence-electron chi connectivity index (χ3n) is 4.23. The van der Waals surface area contributed by atoms with Gasteiger partial charge in [0.25, 0.3) is 0 Å². The molecule has 0 radical (unpaired) electrons. The normalized spacial score (nSPS) is 12.7. The Morgan fingerprint density at radius 2 is 1.65 bits per heavy atom. The molecule has 0 saturated heterocycles. The van der Waals surface area contributed by atoms with E-state index in [0.717, 1.165) is 5.56 Å². The third-order valence-corrected chi connectivity index (χ3v) is 4.63. The minimum absolute atomic E-state index is 0.0795. The molecule has 2 aromatic rings. The van der Waals surface area contributed by atoms with Crippen LogP contribution in [0.1, 0.15) is 18.9 Å². The number of carbonyl (C=O) groups is 3. The maximum Gasteiger partial charge on any atom is 0.329 e. The van der Waals surface area contributed by atoms with E-state index in [2.05, 4.69) is 21.2 Å². The molecule has 1 aliphatic heterocycles. The number of nitrogens with one attached hydrogen (secondary N) is 3. The first-order valence-electron chi connectivity index (χ1n) is 9.42. The molecule has 0 unspecified atom stereocenters. The summed E-state index contributed by atoms with van der Waals surface area (Å²) in [6, 6.07) is 9.97. The second-order valence-corrected chi connectivity index (χ2v) is 7.20. The van der Waals surface area contributed by atoms with Crippen LogP contribution in [0, 0.1) is 6.92 Å². The topological polar surface area (TPSA) is 118 Å². The van der Waals surface area contributed by atoms with Crippen LogP contribution in [-0.2, 0) is 14.4 Å². The highest BCUT2D eigenvalue weighted by Crippen LogP contribution is 2.32. The zero-order valence-corrected chi connectivity index (χ0v) is 17.7. The number of halogens is 1. The first kappa shape index (κ1) is 22.1. The molecule has 3 rings (SSSR count). The van der Waals surface area contributed by atoms with Crippen LogP contribution in [0.2, 0.25) is 5.02 Å². The number of hydrogen-bond acceptors (Lipinski definition) is 6. The van der Waals surface area contributed by atoms with Gasteiger partial charge in [-0.05, 0) is 43.7 Å². The van der Waals surface area contributed by atoms with Crippen molar-refractivity contribution in [2.45, 2.75) is 20.3 Å². The molecule has 0 aromatic heterocycles. The van der Waals surface area contributed by atoms with Crippen molar-refractivity contribution >= 4 is 46.4 Å². The van der Waals surface area contributed by atoms with E-state index in [1.807, 2.05) is 6.92 Å². The summed E-state index contributed by atoms with van der Waals surface area (Å²) < 4.78 is 10.9. The number of hydrogen-bond donors (Lipinski definition) is 3. The van der Waals surface area contributed by atoms with E-state index in [9.17, 15) is 14.4 Å². The van der Waals surface area contributed by atoms with Gasteiger partial charge < -0.3 is 20.1 Å². The average molecular weight is 445 g/mol. The van der Waals surface area contributed by atoms with Crippen molar-refractivity contribution in [3.63, 3.8) is 0 Å². The molecule has 9 nitrogen and oxygen atoms in total. The van der Waals surface area contributed by atoms with Crippen LogP contribution in [0.15, 0.2) is 41.5 Å². The Bertz CT molecular complexity index is 1050. The summed E-state index contributed by atoms with van der Waals surface area (Å²) in [4.78, 5) is 36.1. The van der Waals surface area contributed by atoms with Crippen LogP contribution >= 0.6 is 11.6 Å². The number of benzene rings is 2. The van der Waals surface area contributed by atoms with Crippen LogP contribution in [-0.4, -0.2) is 36.6 Å². The number of rotatable bonds is 5. The lowest BCUT2D eigenvalue weighted by atomic mass is 10.2. The molecule has 2 aromatic carbocycles. The average Bonchev–Trinajstić information content (AvgIpc) is 2.74. The summed E-state index contributed by atoms with van der Waals surface area (Å²) in [7, 11) is 0. The Hall–Kier alpha value is -3.59. The summed E-state index contributed by atoms with van der Waals surface area (Å²) in [6.45, 7) is 4.31. The van der Waals surface area contributed by atoms with Crippen molar-refractivity contribution in [2.24, 2.45) is 5.10 Å². The zero-order valence-electron chi connectivity index (χ0n) is 17.0. The van der Waals surface area contributed by atoms with Crippen LogP contribution < -0.4 is 25.5 Å². The first-order valence-corrected chi connectivity index (χ1v) is 9.80. The lowest BCUT2D eigenvalue weighted by Crippen LogP contribution is -2.33. The van der Waals surface area contributed by atoms with E-state index in [-0.39, 0.29) is 12.3 Å². The van der Waals surface area contributed by atoms with Gasteiger partial charge in [-0.3, -0.25) is 14.4 Å². The second kappa shape index (κ2) is 9.94. The zero-order chi connectivity index (χ0) is 22.4. The van der Waals surface area contributed by atoms with E-state index >= 15 is 0 Å². The van der Waals surface area contributed by atoms with E-state index in [0.29, 0.717) is 46.8 Å². The Morgan fingerprint density at radius 3 is 2.39 bits per heavy atom. The smallest absolute Gasteiger partial charge is 0.329 e. The van der Waals surface area contributed by atoms with Crippen LogP contribution in [0.5, 0.6) is 11.5 Å². The molecule has 0 saturated carbocycles. The van der Waals surface area contributed by atoms with Crippen LogP contribution in [0.4, 0.5) is 11.4 Å². The number of ether oxygens (including phenoxy) is 2. The fraction of sp³-hybridized carbons (Fsp3) is 0.238. The van der Waals surface area contributed by atoms with Gasteiger partial charge in [0.2, 0.25) is 5.91 Å². The fourth-order valence-corrected chi connectivity index (χ4v) is 2.83. The molecule has 0 spiro atoms. The molecule has 0 atom stereocenters. The molecule has 10 heteroatoms. The highest BCUT2D eigenvalue weighted by atomic mass is 35.5. The predicted molar refractivity (Wildman–Crippen MR) is 117 cm³/mol. The molecule has 3 N–H and O–H groups in total. The molecule has 0 bridgehead atoms. The quantitative estimate of drug-likeness (QED) is 0.372. The molecular formula is C21H21ClN4O5. The minimum atomic E-state index is -0.969. The van der Waals surface area contributed by atoms with Gasteiger partial charge in [0, 0.05) is 28.2 Å². The molecule has 1 heterocycles. The van der Waals surface area contributed by atoms with Crippen molar-refractivity contribution in [2.75, 3.05) is 23.8 Å². The van der Waals surface area contributed by atoms with E-state index in [1.165, 1.54) is 0 Å². The van der Waals surface area contributed by atoms with Crippen molar-refractivity contribution in [3.05, 3.63) is 47.0 Å². The summed E-state index contributed by atoms with van der Waals surface area (Å²) in [5, 5.41) is 9.41. The lowest BCUT2D eigenvalue weighted by molar-refractivity contribution is -0.136. The molecule has 31 heavy (non-hydrogen) atoms. The standard InChI is InChI=1S/C21H21ClN4O5/c1-12-3-4-14(10-16(12)22)24-20(28)21(29)26-25-13(2)9-19(27)23-15-5-6-17-18(11-15)31-8-7-30-17/h3-6,10-11H,7-9H2,1-2H3,(H,23,27)(H,24,28)(H,26,29)/b25-13-. The highest BCUT2D eigenvalue weighted by Gasteiger charge is 2.15. The number of carbonyl (C=O) groups excluding carboxylic acids is 3. The second-order valence-electron chi connectivity index (χ2n) is 6.79. The molecular weight excluding hydrogens is 424 g/mol. The lowest BCUT2D eigenvalue weighted by Gasteiger charge is -2.19. The van der Waals surface area contributed by atoms with Crippen molar-refractivity contribution in [1.29, 1.82) is 0 Å². The molecule has 0 fully saturated rings. The van der Waals surface area contributed by atoms with Crippen LogP contribution in [0.3, 0.4) is 0 Å². The van der Waals surface area contributed by atoms with E-state index in [1.54, 1.807) is 43.3 Å². The molecule has 1 aliphatic rings. The number of hydrazone groups is 1. The van der Waals surface area contributed by atoms with Gasteiger partial charge >= 0.3 is 11.8 Å². The Kier molecular flexibility index (Phi) is 7.09. The predicted octanol–water partition coefficient (Wildman–Crippen LogP) is 2.88. The van der Waals surface area contributed by atoms with Gasteiger partial charge in [0.15, 0.2) is 11.5 Å². The molecule has 162 valence electrons. The monoisotopic (exact) mass is 444 g/mol. The number of aryl methyl sites for hydroxylation is 1. The van der Waals surface area contributed by atoms with E-state index in [4.69, 9.17) is 21.1 Å². The van der Waals surface area contributed by atoms with Gasteiger partial charge in [0.1, 0.15) is 13.2 Å². The van der Waals surface area contributed by atoms with Crippen molar-refractivity contribution < 1.29 is 23.9 Å². The van der Waals surface area contributed by atoms with Gasteiger partial charge in [-0.15, -0.1) is 0 Å². The summed E-state index contributed by atoms with van der Waals surface area (Å²) >= 11 is 6.00. The van der Waals surface area contributed by atoms with Gasteiger partial charge in [-0.1, -0.05) is 17.7 Å². The highest BCUT2D eigenvalue weighted by molar-refractivity contribution is 6.40. The Labute approximate surface area is 183 Å². The summed E-state index contributed by atoms with van der Waals surface area (Å²) in [6.07, 6.45) is -0.0795. The number of amides is 3. The van der Waals surface area contributed by atoms with Gasteiger partial charge in [-0.2, -0.15) is 5.10 Å². The summed E-state index contributed by atoms with van der Waals surface area (Å²) in [5.41, 5.74) is 4.21. The number of fused-ring (bicyclic) bond motifs is 1. The Balaban J connectivity index is 1.49. The van der Waals surface area contributed by atoms with E-state index < -0.39 is 11.8 Å². The largest absolute Gasteiger partial charge is 0.486 e. The third kappa shape index (κ3) is 6.19. The van der Waals surface area contributed by atoms with Crippen molar-refractivity contribution in [3.8, 4) is 11.5 Å². The van der Waals surface area contributed by atoms with Crippen LogP contribution in [0.25, 0.3) is 0 Å². The number of anilines is 2. The Morgan fingerprint density at radius 1 is 0.968 bits per heavy atom. The van der Waals surface area contributed by atoms with Crippen molar-refractivity contribution in [1.82, 2.24) is 5.43 Å². The maximum atomic E-state index is 12.2. The SMILES string of the molecule is C/C(CC(=O)Nc1ccc2c(c1)OCCO2)=N/NC(=O)C(=O)Nc1ccc(C)c(Cl)c1. The molecule has 3 amide bonds.